The van der Waals surface area contributed by atoms with Crippen LogP contribution in [0, 0.1) is 29.6 Å². The molecule has 0 aromatic rings. The minimum Gasteiger partial charge on any atom is -0.384 e. The van der Waals surface area contributed by atoms with Crippen molar-refractivity contribution in [3.63, 3.8) is 0 Å². The van der Waals surface area contributed by atoms with Crippen LogP contribution in [0.3, 0.4) is 0 Å². The highest BCUT2D eigenvalue weighted by molar-refractivity contribution is 5.81. The maximum Gasteiger partial charge on any atom is 0.225 e. The lowest BCUT2D eigenvalue weighted by molar-refractivity contribution is -0.144. The van der Waals surface area contributed by atoms with Gasteiger partial charge in [0.05, 0.1) is 6.61 Å². The molecule has 0 aromatic heterocycles. The Labute approximate surface area is 139 Å². The quantitative estimate of drug-likeness (QED) is 0.793. The number of ether oxygens (including phenoxy) is 1. The molecule has 2 saturated heterocycles. The van der Waals surface area contributed by atoms with Gasteiger partial charge in [0.25, 0.3) is 0 Å². The summed E-state index contributed by atoms with van der Waals surface area (Å²) in [6, 6.07) is 0. The fraction of sp³-hybridized carbons (Fsp3) is 0.889. The molecule has 1 aliphatic carbocycles. The average molecular weight is 322 g/mol. The summed E-state index contributed by atoms with van der Waals surface area (Å²) in [5.74, 6) is 2.33. The molecule has 2 amide bonds. The van der Waals surface area contributed by atoms with Crippen LogP contribution in [0.5, 0.6) is 0 Å². The molecule has 3 fully saturated rings. The molecule has 5 nitrogen and oxygen atoms in total. The van der Waals surface area contributed by atoms with Gasteiger partial charge in [-0.3, -0.25) is 9.59 Å². The number of carbonyl (C=O) groups excluding carboxylic acids is 2. The van der Waals surface area contributed by atoms with Crippen LogP contribution in [0.25, 0.3) is 0 Å². The van der Waals surface area contributed by atoms with Gasteiger partial charge in [-0.15, -0.1) is 0 Å². The number of piperidine rings is 1. The van der Waals surface area contributed by atoms with E-state index in [4.69, 9.17) is 4.74 Å². The Morgan fingerprint density at radius 2 is 1.96 bits per heavy atom. The number of hydrogen-bond acceptors (Lipinski definition) is 3. The molecule has 23 heavy (non-hydrogen) atoms. The van der Waals surface area contributed by atoms with Crippen molar-refractivity contribution in [2.24, 2.45) is 29.6 Å². The van der Waals surface area contributed by atoms with Gasteiger partial charge in [0.1, 0.15) is 0 Å². The molecule has 3 atom stereocenters. The van der Waals surface area contributed by atoms with Gasteiger partial charge < -0.3 is 14.5 Å². The first-order valence-corrected chi connectivity index (χ1v) is 9.04. The Balaban J connectivity index is 1.67. The van der Waals surface area contributed by atoms with E-state index in [0.29, 0.717) is 30.3 Å². The maximum atomic E-state index is 12.6. The minimum atomic E-state index is 0.0621. The van der Waals surface area contributed by atoms with Gasteiger partial charge in [-0.25, -0.2) is 0 Å². The second kappa shape index (κ2) is 6.80. The zero-order chi connectivity index (χ0) is 16.6. The summed E-state index contributed by atoms with van der Waals surface area (Å²) in [4.78, 5) is 29.1. The van der Waals surface area contributed by atoms with Gasteiger partial charge in [0.15, 0.2) is 0 Å². The summed E-state index contributed by atoms with van der Waals surface area (Å²) < 4.78 is 5.39. The second-order valence-electron chi connectivity index (χ2n) is 7.88. The highest BCUT2D eigenvalue weighted by Crippen LogP contribution is 2.38. The van der Waals surface area contributed by atoms with Crippen LogP contribution in [0.2, 0.25) is 0 Å². The molecule has 1 saturated carbocycles. The summed E-state index contributed by atoms with van der Waals surface area (Å²) in [6.45, 7) is 5.24. The van der Waals surface area contributed by atoms with Crippen molar-refractivity contribution in [1.29, 1.82) is 0 Å². The molecule has 2 heterocycles. The Morgan fingerprint density at radius 1 is 1.26 bits per heavy atom. The van der Waals surface area contributed by atoms with E-state index in [1.165, 1.54) is 0 Å². The highest BCUT2D eigenvalue weighted by atomic mass is 16.5. The van der Waals surface area contributed by atoms with Crippen LogP contribution in [0.1, 0.15) is 32.6 Å². The number of methoxy groups -OCH3 is 1. The van der Waals surface area contributed by atoms with Crippen LogP contribution < -0.4 is 0 Å². The standard InChI is InChI=1S/C18H30N2O3/c1-12-8-13(9-12)17(21)20-6-4-15-14(11-23-3)10-19(2)18(22)16(15)5-7-20/h12-16H,4-11H2,1-3H3/t12?,13?,14-,15+,16+/m1/s1. The van der Waals surface area contributed by atoms with E-state index in [9.17, 15) is 9.59 Å². The molecule has 2 aliphatic heterocycles. The Hall–Kier alpha value is -1.10. The van der Waals surface area contributed by atoms with Crippen molar-refractivity contribution < 1.29 is 14.3 Å². The summed E-state index contributed by atoms with van der Waals surface area (Å²) >= 11 is 0. The normalized spacial score (nSPS) is 37.9. The molecule has 3 rings (SSSR count). The average Bonchev–Trinajstić information content (AvgIpc) is 2.72. The van der Waals surface area contributed by atoms with E-state index in [-0.39, 0.29) is 17.7 Å². The fourth-order valence-corrected chi connectivity index (χ4v) is 4.83. The number of carbonyl (C=O) groups is 2. The monoisotopic (exact) mass is 322 g/mol. The SMILES string of the molecule is COC[C@H]1CN(C)C(=O)[C@H]2CCN(C(=O)C3CC(C)C3)CC[C@@H]12. The van der Waals surface area contributed by atoms with E-state index in [2.05, 4.69) is 6.92 Å². The number of fused-ring (bicyclic) bond motifs is 1. The zero-order valence-corrected chi connectivity index (χ0v) is 14.7. The van der Waals surface area contributed by atoms with Gasteiger partial charge >= 0.3 is 0 Å². The van der Waals surface area contributed by atoms with Crippen molar-refractivity contribution >= 4 is 11.8 Å². The summed E-state index contributed by atoms with van der Waals surface area (Å²) in [7, 11) is 3.63. The Bertz CT molecular complexity index is 461. The fourth-order valence-electron chi connectivity index (χ4n) is 4.83. The van der Waals surface area contributed by atoms with Gasteiger partial charge in [0, 0.05) is 51.5 Å². The zero-order valence-electron chi connectivity index (χ0n) is 14.7. The van der Waals surface area contributed by atoms with Crippen molar-refractivity contribution in [3.8, 4) is 0 Å². The molecular formula is C18H30N2O3. The number of rotatable bonds is 3. The lowest BCUT2D eigenvalue weighted by Crippen LogP contribution is -2.49. The summed E-state index contributed by atoms with van der Waals surface area (Å²) in [5, 5.41) is 0. The molecule has 0 radical (unpaired) electrons. The van der Waals surface area contributed by atoms with E-state index in [1.54, 1.807) is 7.11 Å². The van der Waals surface area contributed by atoms with Crippen LogP contribution in [-0.4, -0.2) is 62.0 Å². The molecule has 0 N–H and O–H groups in total. The van der Waals surface area contributed by atoms with Crippen molar-refractivity contribution in [1.82, 2.24) is 9.80 Å². The van der Waals surface area contributed by atoms with Gasteiger partial charge in [-0.05, 0) is 37.5 Å². The second-order valence-corrected chi connectivity index (χ2v) is 7.88. The third kappa shape index (κ3) is 3.25. The lowest BCUT2D eigenvalue weighted by atomic mass is 9.75. The smallest absolute Gasteiger partial charge is 0.225 e. The first-order valence-electron chi connectivity index (χ1n) is 9.04. The number of hydrogen-bond donors (Lipinski definition) is 0. The van der Waals surface area contributed by atoms with Crippen LogP contribution >= 0.6 is 0 Å². The minimum absolute atomic E-state index is 0.0621. The third-order valence-electron chi connectivity index (χ3n) is 6.18. The van der Waals surface area contributed by atoms with Crippen molar-refractivity contribution in [2.75, 3.05) is 40.4 Å². The van der Waals surface area contributed by atoms with Crippen molar-refractivity contribution in [3.05, 3.63) is 0 Å². The summed E-state index contributed by atoms with van der Waals surface area (Å²) in [5.41, 5.74) is 0. The lowest BCUT2D eigenvalue weighted by Gasteiger charge is -2.40. The maximum absolute atomic E-state index is 12.6. The van der Waals surface area contributed by atoms with E-state index in [1.807, 2.05) is 16.8 Å². The number of amides is 2. The van der Waals surface area contributed by atoms with E-state index >= 15 is 0 Å². The molecule has 0 bridgehead atoms. The highest BCUT2D eigenvalue weighted by Gasteiger charge is 2.44. The predicted molar refractivity (Wildman–Crippen MR) is 87.7 cm³/mol. The van der Waals surface area contributed by atoms with Gasteiger partial charge in [0.2, 0.25) is 11.8 Å². The van der Waals surface area contributed by atoms with Crippen LogP contribution in [0.15, 0.2) is 0 Å². The molecule has 3 aliphatic rings. The molecule has 130 valence electrons. The summed E-state index contributed by atoms with van der Waals surface area (Å²) in [6.07, 6.45) is 3.82. The molecular weight excluding hydrogens is 292 g/mol. The first kappa shape index (κ1) is 16.7. The number of likely N-dealkylation sites (tertiary alicyclic amines) is 2. The Kier molecular flexibility index (Phi) is 4.95. The molecule has 0 aromatic carbocycles. The van der Waals surface area contributed by atoms with Gasteiger partial charge in [-0.1, -0.05) is 6.92 Å². The van der Waals surface area contributed by atoms with E-state index in [0.717, 1.165) is 45.3 Å². The topological polar surface area (TPSA) is 49.9 Å². The largest absolute Gasteiger partial charge is 0.384 e. The van der Waals surface area contributed by atoms with E-state index < -0.39 is 0 Å². The van der Waals surface area contributed by atoms with Crippen LogP contribution in [0.4, 0.5) is 0 Å². The van der Waals surface area contributed by atoms with Crippen molar-refractivity contribution in [2.45, 2.75) is 32.6 Å². The molecule has 0 unspecified atom stereocenters. The number of nitrogens with zero attached hydrogens (tertiary/aromatic N) is 2. The Morgan fingerprint density at radius 3 is 2.61 bits per heavy atom. The van der Waals surface area contributed by atoms with Crippen LogP contribution in [-0.2, 0) is 14.3 Å². The molecule has 0 spiro atoms. The van der Waals surface area contributed by atoms with Gasteiger partial charge in [-0.2, -0.15) is 0 Å². The molecule has 5 heteroatoms. The first-order chi connectivity index (χ1) is 11.0. The predicted octanol–water partition coefficient (Wildman–Crippen LogP) is 1.62. The third-order valence-corrected chi connectivity index (χ3v) is 6.18.